The maximum absolute atomic E-state index is 12.0. The second kappa shape index (κ2) is 5.58. The molecule has 0 amide bonds. The van der Waals surface area contributed by atoms with Crippen molar-refractivity contribution in [1.82, 2.24) is 4.90 Å². The van der Waals surface area contributed by atoms with E-state index < -0.39 is 0 Å². The van der Waals surface area contributed by atoms with Crippen LogP contribution >= 0.6 is 0 Å². The lowest BCUT2D eigenvalue weighted by atomic mass is 10.1. The summed E-state index contributed by atoms with van der Waals surface area (Å²) in [6.45, 7) is 6.53. The zero-order valence-electron chi connectivity index (χ0n) is 8.93. The van der Waals surface area contributed by atoms with Gasteiger partial charge in [0.05, 0.1) is 6.67 Å². The zero-order chi connectivity index (χ0) is 9.68. The van der Waals surface area contributed by atoms with Gasteiger partial charge in [0.1, 0.15) is 0 Å². The van der Waals surface area contributed by atoms with Crippen LogP contribution in [0.4, 0.5) is 4.39 Å². The Morgan fingerprint density at radius 3 is 2.77 bits per heavy atom. The third kappa shape index (κ3) is 3.63. The lowest BCUT2D eigenvalue weighted by Gasteiger charge is -2.27. The molecule has 0 aliphatic carbocycles. The summed E-state index contributed by atoms with van der Waals surface area (Å²) < 4.78 is 12.0. The smallest absolute Gasteiger partial charge is 0.0906 e. The van der Waals surface area contributed by atoms with Crippen LogP contribution < -0.4 is 0 Å². The quantitative estimate of drug-likeness (QED) is 0.656. The van der Waals surface area contributed by atoms with Gasteiger partial charge in [0, 0.05) is 19.1 Å². The van der Waals surface area contributed by atoms with Gasteiger partial charge in [-0.25, -0.2) is 0 Å². The first-order chi connectivity index (χ1) is 6.24. The minimum Gasteiger partial charge on any atom is -0.300 e. The molecule has 1 heterocycles. The van der Waals surface area contributed by atoms with Gasteiger partial charge < -0.3 is 4.90 Å². The number of alkyl halides is 1. The first-order valence-electron chi connectivity index (χ1n) is 5.54. The van der Waals surface area contributed by atoms with Crippen LogP contribution in [0.15, 0.2) is 0 Å². The van der Waals surface area contributed by atoms with Crippen LogP contribution in [0.5, 0.6) is 0 Å². The van der Waals surface area contributed by atoms with E-state index in [1.165, 1.54) is 25.8 Å². The van der Waals surface area contributed by atoms with Crippen LogP contribution in [0.2, 0.25) is 0 Å². The fourth-order valence-corrected chi connectivity index (χ4v) is 2.19. The summed E-state index contributed by atoms with van der Waals surface area (Å²) in [5, 5.41) is 0. The number of hydrogen-bond donors (Lipinski definition) is 0. The van der Waals surface area contributed by atoms with E-state index in [0.717, 1.165) is 12.5 Å². The molecule has 1 aliphatic rings. The summed E-state index contributed by atoms with van der Waals surface area (Å²) >= 11 is 0. The Balaban J connectivity index is 2.37. The average Bonchev–Trinajstić information content (AvgIpc) is 2.25. The Hall–Kier alpha value is -0.110. The van der Waals surface area contributed by atoms with Crippen molar-refractivity contribution < 1.29 is 4.39 Å². The van der Waals surface area contributed by atoms with E-state index in [9.17, 15) is 4.39 Å². The van der Waals surface area contributed by atoms with Crippen LogP contribution in [0.3, 0.4) is 0 Å². The first kappa shape index (κ1) is 11.0. The van der Waals surface area contributed by atoms with E-state index in [0.29, 0.717) is 12.5 Å². The summed E-state index contributed by atoms with van der Waals surface area (Å²) in [6.07, 6.45) is 4.68. The van der Waals surface area contributed by atoms with Crippen molar-refractivity contribution in [2.75, 3.05) is 19.8 Å². The van der Waals surface area contributed by atoms with Gasteiger partial charge in [0.25, 0.3) is 0 Å². The SMILES string of the molecule is CC1CCCC(C)N(CCCF)C1. The molecule has 0 aromatic heterocycles. The third-order valence-electron chi connectivity index (χ3n) is 3.07. The molecule has 1 nitrogen and oxygen atoms in total. The zero-order valence-corrected chi connectivity index (χ0v) is 8.93. The monoisotopic (exact) mass is 187 g/mol. The van der Waals surface area contributed by atoms with Gasteiger partial charge in [0.2, 0.25) is 0 Å². The maximum Gasteiger partial charge on any atom is 0.0906 e. The van der Waals surface area contributed by atoms with E-state index in [2.05, 4.69) is 18.7 Å². The number of likely N-dealkylation sites (tertiary alicyclic amines) is 1. The summed E-state index contributed by atoms with van der Waals surface area (Å²) in [4.78, 5) is 2.46. The molecule has 0 bridgehead atoms. The topological polar surface area (TPSA) is 3.24 Å². The fourth-order valence-electron chi connectivity index (χ4n) is 2.19. The number of rotatable bonds is 3. The van der Waals surface area contributed by atoms with Crippen molar-refractivity contribution in [2.24, 2.45) is 5.92 Å². The Kier molecular flexibility index (Phi) is 4.71. The molecule has 0 N–H and O–H groups in total. The molecule has 1 fully saturated rings. The van der Waals surface area contributed by atoms with Crippen molar-refractivity contribution in [2.45, 2.75) is 45.6 Å². The molecule has 0 radical (unpaired) electrons. The second-order valence-electron chi connectivity index (χ2n) is 4.42. The van der Waals surface area contributed by atoms with Crippen molar-refractivity contribution in [1.29, 1.82) is 0 Å². The summed E-state index contributed by atoms with van der Waals surface area (Å²) in [5.74, 6) is 0.796. The standard InChI is InChI=1S/C11H22FN/c1-10-5-3-6-11(2)13(9-10)8-4-7-12/h10-11H,3-9H2,1-2H3. The highest BCUT2D eigenvalue weighted by Crippen LogP contribution is 2.20. The van der Waals surface area contributed by atoms with Gasteiger partial charge in [-0.2, -0.15) is 0 Å². The van der Waals surface area contributed by atoms with Crippen LogP contribution in [-0.2, 0) is 0 Å². The summed E-state index contributed by atoms with van der Waals surface area (Å²) in [7, 11) is 0. The fraction of sp³-hybridized carbons (Fsp3) is 1.00. The lowest BCUT2D eigenvalue weighted by Crippen LogP contribution is -2.35. The number of hydrogen-bond acceptors (Lipinski definition) is 1. The van der Waals surface area contributed by atoms with E-state index in [4.69, 9.17) is 0 Å². The predicted octanol–water partition coefficient (Wildman–Crippen LogP) is 2.86. The molecule has 1 rings (SSSR count). The van der Waals surface area contributed by atoms with Crippen molar-refractivity contribution in [3.63, 3.8) is 0 Å². The van der Waals surface area contributed by atoms with Gasteiger partial charge in [-0.15, -0.1) is 0 Å². The van der Waals surface area contributed by atoms with E-state index in [1.807, 2.05) is 0 Å². The average molecular weight is 187 g/mol. The number of halogens is 1. The van der Waals surface area contributed by atoms with Gasteiger partial charge >= 0.3 is 0 Å². The van der Waals surface area contributed by atoms with Crippen LogP contribution in [0.1, 0.15) is 39.5 Å². The molecule has 1 aliphatic heterocycles. The van der Waals surface area contributed by atoms with E-state index in [-0.39, 0.29) is 6.67 Å². The first-order valence-corrected chi connectivity index (χ1v) is 5.54. The minimum atomic E-state index is -0.169. The van der Waals surface area contributed by atoms with Crippen molar-refractivity contribution in [3.8, 4) is 0 Å². The predicted molar refractivity (Wildman–Crippen MR) is 54.6 cm³/mol. The summed E-state index contributed by atoms with van der Waals surface area (Å²) in [6, 6.07) is 0.663. The largest absolute Gasteiger partial charge is 0.300 e. The molecule has 78 valence electrons. The minimum absolute atomic E-state index is 0.169. The molecule has 0 spiro atoms. The Labute approximate surface area is 81.3 Å². The molecular formula is C11H22FN. The molecule has 2 atom stereocenters. The van der Waals surface area contributed by atoms with Gasteiger partial charge in [-0.1, -0.05) is 13.3 Å². The molecule has 13 heavy (non-hydrogen) atoms. The van der Waals surface area contributed by atoms with Gasteiger partial charge in [0.15, 0.2) is 0 Å². The third-order valence-corrected chi connectivity index (χ3v) is 3.07. The highest BCUT2D eigenvalue weighted by Gasteiger charge is 2.19. The highest BCUT2D eigenvalue weighted by molar-refractivity contribution is 4.74. The maximum atomic E-state index is 12.0. The van der Waals surface area contributed by atoms with Crippen LogP contribution in [0, 0.1) is 5.92 Å². The summed E-state index contributed by atoms with van der Waals surface area (Å²) in [5.41, 5.74) is 0. The van der Waals surface area contributed by atoms with Crippen molar-refractivity contribution >= 4 is 0 Å². The normalized spacial score (nSPS) is 31.6. The molecule has 0 saturated carbocycles. The Bertz CT molecular complexity index is 138. The lowest BCUT2D eigenvalue weighted by molar-refractivity contribution is 0.187. The molecule has 0 aromatic carbocycles. The molecule has 2 heteroatoms. The second-order valence-corrected chi connectivity index (χ2v) is 4.42. The molecule has 0 aromatic rings. The number of nitrogens with zero attached hydrogens (tertiary/aromatic N) is 1. The molecule has 1 saturated heterocycles. The Morgan fingerprint density at radius 2 is 2.08 bits per heavy atom. The van der Waals surface area contributed by atoms with E-state index >= 15 is 0 Å². The van der Waals surface area contributed by atoms with Gasteiger partial charge in [-0.05, 0) is 32.1 Å². The van der Waals surface area contributed by atoms with Crippen LogP contribution in [-0.4, -0.2) is 30.7 Å². The van der Waals surface area contributed by atoms with Gasteiger partial charge in [-0.3, -0.25) is 4.39 Å². The molecule has 2 unspecified atom stereocenters. The van der Waals surface area contributed by atoms with Crippen LogP contribution in [0.25, 0.3) is 0 Å². The molecular weight excluding hydrogens is 165 g/mol. The Morgan fingerprint density at radius 1 is 1.31 bits per heavy atom. The van der Waals surface area contributed by atoms with E-state index in [1.54, 1.807) is 0 Å². The highest BCUT2D eigenvalue weighted by atomic mass is 19.1. The van der Waals surface area contributed by atoms with Crippen molar-refractivity contribution in [3.05, 3.63) is 0 Å².